The molecule has 166 valence electrons. The topological polar surface area (TPSA) is 78.1 Å². The Morgan fingerprint density at radius 1 is 0.970 bits per heavy atom. The van der Waals surface area contributed by atoms with Gasteiger partial charge in [-0.05, 0) is 42.8 Å². The Kier molecular flexibility index (Phi) is 4.85. The van der Waals surface area contributed by atoms with Crippen LogP contribution in [-0.4, -0.2) is 45.3 Å². The zero-order valence-electron chi connectivity index (χ0n) is 19.2. The summed E-state index contributed by atoms with van der Waals surface area (Å²) in [4.78, 5) is 28.9. The number of fused-ring (bicyclic) bond motifs is 3. The first kappa shape index (κ1) is 20.7. The maximum absolute atomic E-state index is 13.3. The van der Waals surface area contributed by atoms with E-state index in [0.717, 1.165) is 38.9 Å². The van der Waals surface area contributed by atoms with E-state index in [2.05, 4.69) is 21.0 Å². The lowest BCUT2D eigenvalue weighted by Gasteiger charge is -2.12. The number of methoxy groups -OCH3 is 1. The summed E-state index contributed by atoms with van der Waals surface area (Å²) in [5.41, 5.74) is 5.60. The van der Waals surface area contributed by atoms with Gasteiger partial charge in [-0.2, -0.15) is 0 Å². The van der Waals surface area contributed by atoms with Gasteiger partial charge in [0.2, 0.25) is 5.88 Å². The third-order valence-corrected chi connectivity index (χ3v) is 5.91. The van der Waals surface area contributed by atoms with Crippen molar-refractivity contribution in [3.8, 4) is 22.7 Å². The van der Waals surface area contributed by atoms with E-state index in [-0.39, 0.29) is 5.69 Å². The van der Waals surface area contributed by atoms with Crippen LogP contribution in [0.1, 0.15) is 5.69 Å². The average molecular weight is 441 g/mol. The maximum atomic E-state index is 13.3. The lowest BCUT2D eigenvalue weighted by atomic mass is 10.0. The van der Waals surface area contributed by atoms with Crippen LogP contribution in [0.25, 0.3) is 38.8 Å². The zero-order chi connectivity index (χ0) is 23.3. The highest BCUT2D eigenvalue weighted by atomic mass is 16.5. The molecule has 8 heteroatoms. The molecule has 4 heterocycles. The number of anilines is 1. The van der Waals surface area contributed by atoms with Gasteiger partial charge in [-0.3, -0.25) is 14.1 Å². The third-order valence-electron chi connectivity index (χ3n) is 5.91. The predicted octanol–water partition coefficient (Wildman–Crippen LogP) is 3.72. The van der Waals surface area contributed by atoms with Crippen LogP contribution in [-0.2, 0) is 7.05 Å². The zero-order valence-corrected chi connectivity index (χ0v) is 19.2. The largest absolute Gasteiger partial charge is 0.481 e. The molecule has 0 amide bonds. The first-order chi connectivity index (χ1) is 15.9. The highest BCUT2D eigenvalue weighted by molar-refractivity contribution is 6.04. The van der Waals surface area contributed by atoms with Crippen molar-refractivity contribution in [2.75, 3.05) is 26.1 Å². The van der Waals surface area contributed by atoms with Crippen LogP contribution in [0, 0.1) is 6.92 Å². The van der Waals surface area contributed by atoms with Gasteiger partial charge < -0.3 is 9.64 Å². The smallest absolute Gasteiger partial charge is 0.333 e. The summed E-state index contributed by atoms with van der Waals surface area (Å²) >= 11 is 0. The number of aromatic nitrogens is 5. The highest BCUT2D eigenvalue weighted by Crippen LogP contribution is 2.30. The maximum Gasteiger partial charge on any atom is 0.333 e. The molecule has 0 aliphatic carbocycles. The van der Waals surface area contributed by atoms with Crippen LogP contribution < -0.4 is 15.3 Å². The van der Waals surface area contributed by atoms with E-state index in [0.29, 0.717) is 17.3 Å². The molecule has 33 heavy (non-hydrogen) atoms. The van der Waals surface area contributed by atoms with Gasteiger partial charge in [0.1, 0.15) is 5.82 Å². The summed E-state index contributed by atoms with van der Waals surface area (Å²) in [6, 6.07) is 13.7. The molecule has 0 aliphatic heterocycles. The fourth-order valence-electron chi connectivity index (χ4n) is 4.10. The summed E-state index contributed by atoms with van der Waals surface area (Å²) in [6.07, 6.45) is 3.61. The van der Waals surface area contributed by atoms with Crippen LogP contribution in [0.15, 0.2) is 59.7 Å². The molecule has 1 aromatic carbocycles. The van der Waals surface area contributed by atoms with E-state index in [1.807, 2.05) is 62.4 Å². The van der Waals surface area contributed by atoms with E-state index in [9.17, 15) is 4.79 Å². The number of benzene rings is 1. The predicted molar refractivity (Wildman–Crippen MR) is 130 cm³/mol. The quantitative estimate of drug-likeness (QED) is 0.424. The lowest BCUT2D eigenvalue weighted by molar-refractivity contribution is 0.397. The van der Waals surface area contributed by atoms with E-state index in [1.54, 1.807) is 35.6 Å². The Hall–Kier alpha value is -4.20. The van der Waals surface area contributed by atoms with Crippen molar-refractivity contribution in [2.45, 2.75) is 6.92 Å². The third kappa shape index (κ3) is 3.31. The molecule has 0 fully saturated rings. The fraction of sp³-hybridized carbons (Fsp3) is 0.200. The Balaban J connectivity index is 1.79. The molecular formula is C25H24N6O2. The van der Waals surface area contributed by atoms with Crippen LogP contribution >= 0.6 is 0 Å². The van der Waals surface area contributed by atoms with Crippen molar-refractivity contribution in [1.82, 2.24) is 24.1 Å². The molecule has 0 saturated heterocycles. The van der Waals surface area contributed by atoms with Crippen molar-refractivity contribution in [1.29, 1.82) is 0 Å². The SMILES string of the molecule is COc1ccc(-n2c(=O)n(C)c3cnc4ccc(-c5ccc(N(C)C)nc5)cc4c32)c(C)n1. The van der Waals surface area contributed by atoms with Gasteiger partial charge in [0, 0.05) is 44.4 Å². The van der Waals surface area contributed by atoms with Crippen molar-refractivity contribution in [3.05, 3.63) is 71.0 Å². The van der Waals surface area contributed by atoms with Gasteiger partial charge in [0.25, 0.3) is 0 Å². The minimum atomic E-state index is -0.156. The normalized spacial score (nSPS) is 11.3. The monoisotopic (exact) mass is 440 g/mol. The van der Waals surface area contributed by atoms with Crippen molar-refractivity contribution < 1.29 is 4.74 Å². The minimum absolute atomic E-state index is 0.156. The molecular weight excluding hydrogens is 416 g/mol. The van der Waals surface area contributed by atoms with Gasteiger partial charge in [-0.1, -0.05) is 6.07 Å². The van der Waals surface area contributed by atoms with Crippen LogP contribution in [0.2, 0.25) is 0 Å². The van der Waals surface area contributed by atoms with Crippen LogP contribution in [0.3, 0.4) is 0 Å². The molecule has 0 atom stereocenters. The molecule has 0 aliphatic rings. The number of imidazole rings is 1. The van der Waals surface area contributed by atoms with Gasteiger partial charge in [0.15, 0.2) is 0 Å². The number of hydrogen-bond acceptors (Lipinski definition) is 6. The Morgan fingerprint density at radius 2 is 1.76 bits per heavy atom. The molecule has 5 rings (SSSR count). The number of nitrogens with zero attached hydrogens (tertiary/aromatic N) is 6. The summed E-state index contributed by atoms with van der Waals surface area (Å²) in [6.45, 7) is 1.87. The number of aryl methyl sites for hydroxylation is 2. The molecule has 0 spiro atoms. The van der Waals surface area contributed by atoms with Crippen LogP contribution in [0.4, 0.5) is 5.82 Å². The summed E-state index contributed by atoms with van der Waals surface area (Å²) < 4.78 is 8.57. The first-order valence-electron chi connectivity index (χ1n) is 10.5. The van der Waals surface area contributed by atoms with Crippen LogP contribution in [0.5, 0.6) is 5.88 Å². The number of ether oxygens (including phenoxy) is 1. The molecule has 0 saturated carbocycles. The molecule has 0 N–H and O–H groups in total. The molecule has 0 bridgehead atoms. The van der Waals surface area contributed by atoms with E-state index in [1.165, 1.54) is 0 Å². The van der Waals surface area contributed by atoms with Crippen molar-refractivity contribution >= 4 is 27.8 Å². The fourth-order valence-corrected chi connectivity index (χ4v) is 4.10. The number of hydrogen-bond donors (Lipinski definition) is 0. The minimum Gasteiger partial charge on any atom is -0.481 e. The Morgan fingerprint density at radius 3 is 2.42 bits per heavy atom. The molecule has 4 aromatic heterocycles. The number of rotatable bonds is 4. The molecule has 5 aromatic rings. The van der Waals surface area contributed by atoms with E-state index in [4.69, 9.17) is 4.74 Å². The highest BCUT2D eigenvalue weighted by Gasteiger charge is 2.18. The van der Waals surface area contributed by atoms with Gasteiger partial charge >= 0.3 is 5.69 Å². The van der Waals surface area contributed by atoms with E-state index < -0.39 is 0 Å². The number of pyridine rings is 3. The van der Waals surface area contributed by atoms with Gasteiger partial charge in [-0.15, -0.1) is 0 Å². The second-order valence-electron chi connectivity index (χ2n) is 8.16. The lowest BCUT2D eigenvalue weighted by Crippen LogP contribution is -2.21. The second kappa shape index (κ2) is 7.74. The average Bonchev–Trinajstić information content (AvgIpc) is 3.09. The standard InChI is InChI=1S/C25H24N6O2/c1-15-20(9-11-23(28-15)33-5)31-24-18-12-16(17-7-10-22(27-13-17)29(2)3)6-8-19(18)26-14-21(24)30(4)25(31)32/h6-14H,1-5H3. The Labute approximate surface area is 190 Å². The second-order valence-corrected chi connectivity index (χ2v) is 8.16. The van der Waals surface area contributed by atoms with Gasteiger partial charge in [0.05, 0.1) is 41.2 Å². The molecule has 0 radical (unpaired) electrons. The van der Waals surface area contributed by atoms with E-state index >= 15 is 0 Å². The summed E-state index contributed by atoms with van der Waals surface area (Å²) in [7, 11) is 7.26. The molecule has 8 nitrogen and oxygen atoms in total. The molecule has 0 unspecified atom stereocenters. The Bertz CT molecular complexity index is 1560. The van der Waals surface area contributed by atoms with Crippen molar-refractivity contribution in [3.63, 3.8) is 0 Å². The van der Waals surface area contributed by atoms with Gasteiger partial charge in [-0.25, -0.2) is 14.8 Å². The first-order valence-corrected chi connectivity index (χ1v) is 10.5. The summed E-state index contributed by atoms with van der Waals surface area (Å²) in [5.74, 6) is 1.40. The van der Waals surface area contributed by atoms with Crippen molar-refractivity contribution in [2.24, 2.45) is 7.05 Å². The summed E-state index contributed by atoms with van der Waals surface area (Å²) in [5, 5.41) is 0.884.